The molecule has 1 aromatic heterocycles. The van der Waals surface area contributed by atoms with E-state index in [2.05, 4.69) is 10.1 Å². The first-order valence-corrected chi connectivity index (χ1v) is 7.14. The molecule has 1 heterocycles. The molecule has 2 aromatic rings. The summed E-state index contributed by atoms with van der Waals surface area (Å²) in [4.78, 5) is 4.39. The lowest BCUT2D eigenvalue weighted by Gasteiger charge is -2.17. The van der Waals surface area contributed by atoms with Crippen LogP contribution in [0.3, 0.4) is 0 Å². The van der Waals surface area contributed by atoms with Crippen LogP contribution in [0.25, 0.3) is 11.6 Å². The van der Waals surface area contributed by atoms with Crippen LogP contribution in [-0.2, 0) is 5.54 Å². The number of nitrogens with zero attached hydrogens (tertiary/aromatic N) is 2. The van der Waals surface area contributed by atoms with Gasteiger partial charge < -0.3 is 10.3 Å². The van der Waals surface area contributed by atoms with Crippen LogP contribution in [0.4, 0.5) is 4.39 Å². The highest BCUT2D eigenvalue weighted by Gasteiger charge is 2.35. The first-order chi connectivity index (χ1) is 10.1. The van der Waals surface area contributed by atoms with Gasteiger partial charge in [-0.1, -0.05) is 30.1 Å². The molecule has 21 heavy (non-hydrogen) atoms. The highest BCUT2D eigenvalue weighted by atomic mass is 19.1. The first kappa shape index (κ1) is 13.9. The van der Waals surface area contributed by atoms with Crippen molar-refractivity contribution < 1.29 is 8.91 Å². The number of aromatic nitrogens is 2. The van der Waals surface area contributed by atoms with Gasteiger partial charge in [-0.3, -0.25) is 0 Å². The molecule has 2 N–H and O–H groups in total. The minimum Gasteiger partial charge on any atom is -0.335 e. The largest absolute Gasteiger partial charge is 0.335 e. The van der Waals surface area contributed by atoms with Gasteiger partial charge in [0.05, 0.1) is 5.54 Å². The second kappa shape index (κ2) is 5.41. The van der Waals surface area contributed by atoms with Crippen LogP contribution in [0.5, 0.6) is 0 Å². The van der Waals surface area contributed by atoms with Gasteiger partial charge in [-0.25, -0.2) is 4.39 Å². The molecule has 1 fully saturated rings. The molecule has 110 valence electrons. The molecule has 3 rings (SSSR count). The molecular formula is C16H18FN3O. The van der Waals surface area contributed by atoms with Crippen LogP contribution in [0.2, 0.25) is 0 Å². The average Bonchev–Trinajstić information content (AvgIpc) is 3.10. The molecule has 0 bridgehead atoms. The molecule has 0 amide bonds. The van der Waals surface area contributed by atoms with Gasteiger partial charge in [0.25, 0.3) is 5.89 Å². The molecule has 1 saturated carbocycles. The van der Waals surface area contributed by atoms with E-state index in [-0.39, 0.29) is 5.82 Å². The normalized spacial score (nSPS) is 18.1. The summed E-state index contributed by atoms with van der Waals surface area (Å²) in [6, 6.07) is 6.30. The molecule has 0 saturated heterocycles. The van der Waals surface area contributed by atoms with Crippen LogP contribution >= 0.6 is 0 Å². The van der Waals surface area contributed by atoms with Crippen molar-refractivity contribution in [2.45, 2.75) is 38.1 Å². The SMILES string of the molecule is C/C(=C/c1nc(C2(N)CCCC2)no1)c1ccc(F)cc1. The number of allylic oxidation sites excluding steroid dienone is 1. The minimum atomic E-state index is -0.445. The van der Waals surface area contributed by atoms with Crippen molar-refractivity contribution in [3.8, 4) is 0 Å². The monoisotopic (exact) mass is 287 g/mol. The fourth-order valence-corrected chi connectivity index (χ4v) is 2.71. The smallest absolute Gasteiger partial charge is 0.250 e. The topological polar surface area (TPSA) is 64.9 Å². The Morgan fingerprint density at radius 2 is 1.95 bits per heavy atom. The summed E-state index contributed by atoms with van der Waals surface area (Å²) >= 11 is 0. The average molecular weight is 287 g/mol. The number of halogens is 1. The summed E-state index contributed by atoms with van der Waals surface area (Å²) in [5.41, 5.74) is 7.71. The Morgan fingerprint density at radius 1 is 1.29 bits per heavy atom. The Morgan fingerprint density at radius 3 is 2.62 bits per heavy atom. The Labute approximate surface area is 122 Å². The van der Waals surface area contributed by atoms with E-state index in [1.807, 2.05) is 6.92 Å². The fraction of sp³-hybridized carbons (Fsp3) is 0.375. The van der Waals surface area contributed by atoms with Crippen molar-refractivity contribution in [1.82, 2.24) is 10.1 Å². The Kier molecular flexibility index (Phi) is 3.59. The van der Waals surface area contributed by atoms with Crippen LogP contribution in [0.15, 0.2) is 28.8 Å². The van der Waals surface area contributed by atoms with E-state index < -0.39 is 5.54 Å². The Hall–Kier alpha value is -2.01. The minimum absolute atomic E-state index is 0.252. The van der Waals surface area contributed by atoms with Gasteiger partial charge in [-0.15, -0.1) is 0 Å². The molecule has 1 aliphatic carbocycles. The van der Waals surface area contributed by atoms with Gasteiger partial charge >= 0.3 is 0 Å². The zero-order valence-electron chi connectivity index (χ0n) is 12.0. The van der Waals surface area contributed by atoms with Gasteiger partial charge in [0.15, 0.2) is 5.82 Å². The van der Waals surface area contributed by atoms with Gasteiger partial charge in [-0.2, -0.15) is 4.98 Å². The molecule has 0 aliphatic heterocycles. The predicted octanol–water partition coefficient (Wildman–Crippen LogP) is 3.50. The Balaban J connectivity index is 1.83. The summed E-state index contributed by atoms with van der Waals surface area (Å²) in [5, 5.41) is 4.02. The predicted molar refractivity (Wildman–Crippen MR) is 78.6 cm³/mol. The van der Waals surface area contributed by atoms with E-state index in [4.69, 9.17) is 10.3 Å². The molecule has 5 heteroatoms. The quantitative estimate of drug-likeness (QED) is 0.938. The summed E-state index contributed by atoms with van der Waals surface area (Å²) in [7, 11) is 0. The number of rotatable bonds is 3. The molecule has 0 atom stereocenters. The fourth-order valence-electron chi connectivity index (χ4n) is 2.71. The molecule has 1 aromatic carbocycles. The maximum atomic E-state index is 12.9. The summed E-state index contributed by atoms with van der Waals surface area (Å²) < 4.78 is 18.2. The van der Waals surface area contributed by atoms with E-state index >= 15 is 0 Å². The van der Waals surface area contributed by atoms with Crippen molar-refractivity contribution in [3.63, 3.8) is 0 Å². The van der Waals surface area contributed by atoms with Crippen LogP contribution in [0, 0.1) is 5.82 Å². The zero-order valence-corrected chi connectivity index (χ0v) is 12.0. The standard InChI is InChI=1S/C16H18FN3O/c1-11(12-4-6-13(17)7-5-12)10-14-19-15(20-21-14)16(18)8-2-3-9-16/h4-7,10H,2-3,8-9,18H2,1H3/b11-10-. The first-order valence-electron chi connectivity index (χ1n) is 7.14. The van der Waals surface area contributed by atoms with Gasteiger partial charge in [0.1, 0.15) is 5.82 Å². The number of benzene rings is 1. The second-order valence-electron chi connectivity index (χ2n) is 5.65. The molecule has 4 nitrogen and oxygen atoms in total. The highest BCUT2D eigenvalue weighted by Crippen LogP contribution is 2.34. The molecule has 0 spiro atoms. The molecule has 0 radical (unpaired) electrons. The third kappa shape index (κ3) is 2.88. The zero-order chi connectivity index (χ0) is 14.9. The maximum absolute atomic E-state index is 12.9. The van der Waals surface area contributed by atoms with E-state index in [0.29, 0.717) is 11.7 Å². The van der Waals surface area contributed by atoms with Gasteiger partial charge in [0, 0.05) is 6.08 Å². The highest BCUT2D eigenvalue weighted by molar-refractivity contribution is 5.77. The third-order valence-corrected chi connectivity index (χ3v) is 4.02. The van der Waals surface area contributed by atoms with Crippen molar-refractivity contribution in [2.75, 3.05) is 0 Å². The van der Waals surface area contributed by atoms with Crippen molar-refractivity contribution in [2.24, 2.45) is 5.73 Å². The van der Waals surface area contributed by atoms with E-state index in [9.17, 15) is 4.39 Å². The van der Waals surface area contributed by atoms with Crippen LogP contribution in [-0.4, -0.2) is 10.1 Å². The number of hydrogen-bond donors (Lipinski definition) is 1. The molecule has 0 unspecified atom stereocenters. The lowest BCUT2D eigenvalue weighted by Crippen LogP contribution is -2.34. The Bertz CT molecular complexity index is 654. The van der Waals surface area contributed by atoms with Gasteiger partial charge in [-0.05, 0) is 43.0 Å². The molecule has 1 aliphatic rings. The summed E-state index contributed by atoms with van der Waals surface area (Å²) in [6.45, 7) is 1.92. The number of hydrogen-bond acceptors (Lipinski definition) is 4. The van der Waals surface area contributed by atoms with E-state index in [0.717, 1.165) is 36.8 Å². The van der Waals surface area contributed by atoms with Crippen LogP contribution < -0.4 is 5.73 Å². The van der Waals surface area contributed by atoms with Gasteiger partial charge in [0.2, 0.25) is 0 Å². The van der Waals surface area contributed by atoms with Crippen molar-refractivity contribution >= 4 is 11.6 Å². The van der Waals surface area contributed by atoms with E-state index in [1.54, 1.807) is 18.2 Å². The van der Waals surface area contributed by atoms with Crippen molar-refractivity contribution in [1.29, 1.82) is 0 Å². The van der Waals surface area contributed by atoms with Crippen molar-refractivity contribution in [3.05, 3.63) is 47.4 Å². The van der Waals surface area contributed by atoms with Crippen LogP contribution in [0.1, 0.15) is 49.9 Å². The lowest BCUT2D eigenvalue weighted by molar-refractivity contribution is 0.364. The van der Waals surface area contributed by atoms with E-state index in [1.165, 1.54) is 12.1 Å². The summed E-state index contributed by atoms with van der Waals surface area (Å²) in [5.74, 6) is 0.764. The maximum Gasteiger partial charge on any atom is 0.250 e. The number of nitrogens with two attached hydrogens (primary N) is 1. The lowest BCUT2D eigenvalue weighted by atomic mass is 9.99. The second-order valence-corrected chi connectivity index (χ2v) is 5.65. The summed E-state index contributed by atoms with van der Waals surface area (Å²) in [6.07, 6.45) is 5.79. The third-order valence-electron chi connectivity index (χ3n) is 4.02. The molecular weight excluding hydrogens is 269 g/mol.